The molecular formula is C14H23ClN2O. The zero-order valence-electron chi connectivity index (χ0n) is 11.5. The third-order valence-corrected chi connectivity index (χ3v) is 3.05. The van der Waals surface area contributed by atoms with Crippen molar-refractivity contribution in [3.05, 3.63) is 28.8 Å². The van der Waals surface area contributed by atoms with Crippen LogP contribution in [0.3, 0.4) is 0 Å². The molecule has 1 N–H and O–H groups in total. The molecule has 1 rings (SSSR count). The lowest BCUT2D eigenvalue weighted by atomic mass is 10.2. The summed E-state index contributed by atoms with van der Waals surface area (Å²) in [6.07, 6.45) is 2.42. The van der Waals surface area contributed by atoms with E-state index in [1.807, 2.05) is 18.2 Å². The first-order valence-corrected chi connectivity index (χ1v) is 6.69. The summed E-state index contributed by atoms with van der Waals surface area (Å²) >= 11 is 6.07. The van der Waals surface area contributed by atoms with Crippen molar-refractivity contribution >= 4 is 11.6 Å². The highest BCUT2D eigenvalue weighted by atomic mass is 35.5. The van der Waals surface area contributed by atoms with Crippen molar-refractivity contribution in [2.75, 3.05) is 34.3 Å². The minimum absolute atomic E-state index is 0.671. The Balaban J connectivity index is 2.21. The molecule has 4 heteroatoms. The van der Waals surface area contributed by atoms with E-state index in [4.69, 9.17) is 16.3 Å². The van der Waals surface area contributed by atoms with Gasteiger partial charge in [-0.3, -0.25) is 0 Å². The molecule has 0 fully saturated rings. The third-order valence-electron chi connectivity index (χ3n) is 2.75. The summed E-state index contributed by atoms with van der Waals surface area (Å²) in [6.45, 7) is 3.04. The zero-order chi connectivity index (χ0) is 13.4. The Bertz CT molecular complexity index is 356. The molecule has 0 saturated heterocycles. The average molecular weight is 271 g/mol. The van der Waals surface area contributed by atoms with Crippen LogP contribution in [0.2, 0.25) is 5.02 Å². The zero-order valence-corrected chi connectivity index (χ0v) is 12.3. The van der Waals surface area contributed by atoms with Gasteiger partial charge in [0.25, 0.3) is 0 Å². The number of nitrogens with zero attached hydrogens (tertiary/aromatic N) is 1. The summed E-state index contributed by atoms with van der Waals surface area (Å²) in [5, 5.41) is 4.09. The van der Waals surface area contributed by atoms with Gasteiger partial charge in [-0.15, -0.1) is 0 Å². The standard InChI is InChI=1S/C14H23ClN2O/c1-17(2)9-5-4-8-16-11-12-6-7-14(18-3)13(15)10-12/h6-7,10,16H,4-5,8-9,11H2,1-3H3. The highest BCUT2D eigenvalue weighted by Gasteiger charge is 2.01. The number of benzene rings is 1. The number of methoxy groups -OCH3 is 1. The molecule has 1 aromatic carbocycles. The Morgan fingerprint density at radius 3 is 2.67 bits per heavy atom. The van der Waals surface area contributed by atoms with Crippen LogP contribution >= 0.6 is 11.6 Å². The number of hydrogen-bond acceptors (Lipinski definition) is 3. The van der Waals surface area contributed by atoms with Crippen LogP contribution in [0.4, 0.5) is 0 Å². The Morgan fingerprint density at radius 2 is 2.06 bits per heavy atom. The first-order chi connectivity index (χ1) is 8.63. The molecule has 3 nitrogen and oxygen atoms in total. The minimum atomic E-state index is 0.671. The Morgan fingerprint density at radius 1 is 1.28 bits per heavy atom. The maximum absolute atomic E-state index is 6.07. The van der Waals surface area contributed by atoms with E-state index in [0.29, 0.717) is 5.02 Å². The third kappa shape index (κ3) is 5.71. The second-order valence-electron chi connectivity index (χ2n) is 4.66. The molecule has 0 spiro atoms. The fourth-order valence-electron chi connectivity index (χ4n) is 1.73. The summed E-state index contributed by atoms with van der Waals surface area (Å²) < 4.78 is 5.12. The van der Waals surface area contributed by atoms with Gasteiger partial charge in [0.05, 0.1) is 12.1 Å². The molecule has 102 valence electrons. The predicted molar refractivity (Wildman–Crippen MR) is 77.5 cm³/mol. The molecule has 0 saturated carbocycles. The fraction of sp³-hybridized carbons (Fsp3) is 0.571. The first kappa shape index (κ1) is 15.3. The quantitative estimate of drug-likeness (QED) is 0.735. The van der Waals surface area contributed by atoms with Crippen LogP contribution in [0.1, 0.15) is 18.4 Å². The smallest absolute Gasteiger partial charge is 0.137 e. The lowest BCUT2D eigenvalue weighted by molar-refractivity contribution is 0.391. The topological polar surface area (TPSA) is 24.5 Å². The highest BCUT2D eigenvalue weighted by Crippen LogP contribution is 2.24. The van der Waals surface area contributed by atoms with E-state index in [-0.39, 0.29) is 0 Å². The number of ether oxygens (including phenoxy) is 1. The van der Waals surface area contributed by atoms with E-state index in [0.717, 1.165) is 25.4 Å². The van der Waals surface area contributed by atoms with Crippen LogP contribution in [0, 0.1) is 0 Å². The van der Waals surface area contributed by atoms with E-state index < -0.39 is 0 Å². The van der Waals surface area contributed by atoms with Gasteiger partial charge in [0.2, 0.25) is 0 Å². The fourth-order valence-corrected chi connectivity index (χ4v) is 2.01. The molecule has 0 aliphatic rings. The lowest BCUT2D eigenvalue weighted by Gasteiger charge is -2.10. The van der Waals surface area contributed by atoms with E-state index in [1.54, 1.807) is 7.11 Å². The van der Waals surface area contributed by atoms with Crippen LogP contribution in [0.25, 0.3) is 0 Å². The number of hydrogen-bond donors (Lipinski definition) is 1. The Kier molecular flexibility index (Phi) is 7.09. The molecule has 0 aromatic heterocycles. The van der Waals surface area contributed by atoms with Crippen molar-refractivity contribution in [2.24, 2.45) is 0 Å². The van der Waals surface area contributed by atoms with Crippen molar-refractivity contribution in [2.45, 2.75) is 19.4 Å². The summed E-state index contributed by atoms with van der Waals surface area (Å²) in [5.74, 6) is 0.728. The van der Waals surface area contributed by atoms with E-state index >= 15 is 0 Å². The molecule has 0 amide bonds. The van der Waals surface area contributed by atoms with E-state index in [1.165, 1.54) is 18.4 Å². The van der Waals surface area contributed by atoms with Crippen LogP contribution in [-0.2, 0) is 6.54 Å². The Hall–Kier alpha value is -0.770. The number of unbranched alkanes of at least 4 members (excludes halogenated alkanes) is 1. The first-order valence-electron chi connectivity index (χ1n) is 6.31. The summed E-state index contributed by atoms with van der Waals surface area (Å²) in [7, 11) is 5.84. The number of rotatable bonds is 8. The molecule has 0 unspecified atom stereocenters. The van der Waals surface area contributed by atoms with Gasteiger partial charge >= 0.3 is 0 Å². The van der Waals surface area contributed by atoms with Gasteiger partial charge in [0.15, 0.2) is 0 Å². The molecule has 0 atom stereocenters. The van der Waals surface area contributed by atoms with Crippen LogP contribution in [0.5, 0.6) is 5.75 Å². The predicted octanol–water partition coefficient (Wildman–Crippen LogP) is 2.78. The van der Waals surface area contributed by atoms with Gasteiger partial charge < -0.3 is 15.0 Å². The second kappa shape index (κ2) is 8.35. The van der Waals surface area contributed by atoms with Crippen molar-refractivity contribution < 1.29 is 4.74 Å². The van der Waals surface area contributed by atoms with Gasteiger partial charge in [0.1, 0.15) is 5.75 Å². The maximum atomic E-state index is 6.07. The van der Waals surface area contributed by atoms with Crippen molar-refractivity contribution in [3.8, 4) is 5.75 Å². The number of nitrogens with one attached hydrogen (secondary N) is 1. The lowest BCUT2D eigenvalue weighted by Crippen LogP contribution is -2.18. The number of halogens is 1. The molecule has 18 heavy (non-hydrogen) atoms. The summed E-state index contributed by atoms with van der Waals surface area (Å²) in [6, 6.07) is 5.90. The van der Waals surface area contributed by atoms with E-state index in [2.05, 4.69) is 24.3 Å². The largest absolute Gasteiger partial charge is 0.495 e. The van der Waals surface area contributed by atoms with Gasteiger partial charge in [0, 0.05) is 6.54 Å². The van der Waals surface area contributed by atoms with Gasteiger partial charge in [-0.25, -0.2) is 0 Å². The van der Waals surface area contributed by atoms with Crippen LogP contribution in [0.15, 0.2) is 18.2 Å². The minimum Gasteiger partial charge on any atom is -0.495 e. The van der Waals surface area contributed by atoms with E-state index in [9.17, 15) is 0 Å². The highest BCUT2D eigenvalue weighted by molar-refractivity contribution is 6.32. The summed E-state index contributed by atoms with van der Waals surface area (Å²) in [5.41, 5.74) is 1.19. The van der Waals surface area contributed by atoms with Crippen molar-refractivity contribution in [1.29, 1.82) is 0 Å². The second-order valence-corrected chi connectivity index (χ2v) is 5.06. The van der Waals surface area contributed by atoms with Gasteiger partial charge in [-0.05, 0) is 57.7 Å². The maximum Gasteiger partial charge on any atom is 0.137 e. The van der Waals surface area contributed by atoms with Crippen molar-refractivity contribution in [1.82, 2.24) is 10.2 Å². The van der Waals surface area contributed by atoms with Crippen LogP contribution in [-0.4, -0.2) is 39.2 Å². The monoisotopic (exact) mass is 270 g/mol. The molecule has 0 bridgehead atoms. The molecular weight excluding hydrogens is 248 g/mol. The molecule has 0 heterocycles. The van der Waals surface area contributed by atoms with Gasteiger partial charge in [-0.2, -0.15) is 0 Å². The molecule has 0 aliphatic carbocycles. The molecule has 0 aliphatic heterocycles. The normalized spacial score (nSPS) is 10.9. The SMILES string of the molecule is COc1ccc(CNCCCCN(C)C)cc1Cl. The summed E-state index contributed by atoms with van der Waals surface area (Å²) in [4.78, 5) is 2.21. The Labute approximate surface area is 115 Å². The average Bonchev–Trinajstić information content (AvgIpc) is 2.33. The van der Waals surface area contributed by atoms with Crippen molar-refractivity contribution in [3.63, 3.8) is 0 Å². The molecule has 0 radical (unpaired) electrons. The van der Waals surface area contributed by atoms with Crippen LogP contribution < -0.4 is 10.1 Å². The van der Waals surface area contributed by atoms with Gasteiger partial charge in [-0.1, -0.05) is 17.7 Å². The molecule has 1 aromatic rings.